The summed E-state index contributed by atoms with van der Waals surface area (Å²) in [5, 5.41) is 12.0. The number of ether oxygens (including phenoxy) is 1. The lowest BCUT2D eigenvalue weighted by Gasteiger charge is -2.31. The van der Waals surface area contributed by atoms with Crippen molar-refractivity contribution in [1.29, 1.82) is 0 Å². The second kappa shape index (κ2) is 9.27. The number of likely N-dealkylation sites (tertiary alicyclic amines) is 1. The zero-order valence-corrected chi connectivity index (χ0v) is 14.1. The Balaban J connectivity index is 1.65. The van der Waals surface area contributed by atoms with Gasteiger partial charge < -0.3 is 20.1 Å². The van der Waals surface area contributed by atoms with Crippen molar-refractivity contribution in [2.75, 3.05) is 19.7 Å². The SMILES string of the molecule is CC(CCOCc1ccccc1)NC(=O)N1CCCC(C(=O)O)C1. The van der Waals surface area contributed by atoms with E-state index in [9.17, 15) is 9.59 Å². The highest BCUT2D eigenvalue weighted by molar-refractivity contribution is 5.76. The molecule has 0 bridgehead atoms. The highest BCUT2D eigenvalue weighted by Gasteiger charge is 2.28. The quantitative estimate of drug-likeness (QED) is 0.751. The van der Waals surface area contributed by atoms with Crippen molar-refractivity contribution in [3.8, 4) is 0 Å². The van der Waals surface area contributed by atoms with Crippen LogP contribution in [0.1, 0.15) is 31.7 Å². The molecule has 2 atom stereocenters. The molecule has 2 rings (SSSR count). The monoisotopic (exact) mass is 334 g/mol. The molecule has 2 unspecified atom stereocenters. The van der Waals surface area contributed by atoms with E-state index in [4.69, 9.17) is 9.84 Å². The molecule has 1 saturated heterocycles. The van der Waals surface area contributed by atoms with Gasteiger partial charge in [0.25, 0.3) is 0 Å². The predicted molar refractivity (Wildman–Crippen MR) is 90.6 cm³/mol. The molecule has 0 saturated carbocycles. The van der Waals surface area contributed by atoms with Crippen molar-refractivity contribution < 1.29 is 19.4 Å². The summed E-state index contributed by atoms with van der Waals surface area (Å²) in [6, 6.07) is 9.75. The van der Waals surface area contributed by atoms with Gasteiger partial charge in [0.1, 0.15) is 0 Å². The predicted octanol–water partition coefficient (Wildman–Crippen LogP) is 2.49. The van der Waals surface area contributed by atoms with Crippen LogP contribution in [0.4, 0.5) is 4.79 Å². The van der Waals surface area contributed by atoms with Gasteiger partial charge in [-0.2, -0.15) is 0 Å². The third kappa shape index (κ3) is 5.85. The van der Waals surface area contributed by atoms with Crippen molar-refractivity contribution in [1.82, 2.24) is 10.2 Å². The number of aliphatic carboxylic acids is 1. The van der Waals surface area contributed by atoms with Crippen molar-refractivity contribution in [3.05, 3.63) is 35.9 Å². The maximum Gasteiger partial charge on any atom is 0.317 e. The van der Waals surface area contributed by atoms with E-state index in [1.165, 1.54) is 0 Å². The van der Waals surface area contributed by atoms with Gasteiger partial charge in [0.15, 0.2) is 0 Å². The number of carbonyl (C=O) groups is 2. The zero-order valence-electron chi connectivity index (χ0n) is 14.1. The number of piperidine rings is 1. The fourth-order valence-corrected chi connectivity index (χ4v) is 2.76. The Labute approximate surface area is 142 Å². The smallest absolute Gasteiger partial charge is 0.317 e. The van der Waals surface area contributed by atoms with Gasteiger partial charge in [0.05, 0.1) is 12.5 Å². The van der Waals surface area contributed by atoms with Gasteiger partial charge in [-0.25, -0.2) is 4.79 Å². The van der Waals surface area contributed by atoms with E-state index in [1.807, 2.05) is 37.3 Å². The Kier molecular flexibility index (Phi) is 7.06. The molecule has 1 aliphatic rings. The van der Waals surface area contributed by atoms with E-state index >= 15 is 0 Å². The summed E-state index contributed by atoms with van der Waals surface area (Å²) in [4.78, 5) is 24.9. The summed E-state index contributed by atoms with van der Waals surface area (Å²) in [5.41, 5.74) is 1.13. The van der Waals surface area contributed by atoms with Crippen LogP contribution in [0.5, 0.6) is 0 Å². The number of hydrogen-bond donors (Lipinski definition) is 2. The summed E-state index contributed by atoms with van der Waals surface area (Å²) >= 11 is 0. The van der Waals surface area contributed by atoms with E-state index in [1.54, 1.807) is 4.90 Å². The molecule has 0 aliphatic carbocycles. The second-order valence-corrected chi connectivity index (χ2v) is 6.30. The highest BCUT2D eigenvalue weighted by atomic mass is 16.5. The van der Waals surface area contributed by atoms with Crippen LogP contribution >= 0.6 is 0 Å². The molecule has 0 radical (unpaired) electrons. The van der Waals surface area contributed by atoms with Crippen molar-refractivity contribution in [2.24, 2.45) is 5.92 Å². The van der Waals surface area contributed by atoms with Crippen molar-refractivity contribution >= 4 is 12.0 Å². The van der Waals surface area contributed by atoms with Gasteiger partial charge in [0, 0.05) is 25.7 Å². The van der Waals surface area contributed by atoms with Crippen LogP contribution in [0.15, 0.2) is 30.3 Å². The zero-order chi connectivity index (χ0) is 17.4. The second-order valence-electron chi connectivity index (χ2n) is 6.30. The number of hydrogen-bond acceptors (Lipinski definition) is 3. The molecule has 6 nitrogen and oxygen atoms in total. The summed E-state index contributed by atoms with van der Waals surface area (Å²) in [5.74, 6) is -1.27. The van der Waals surface area contributed by atoms with Crippen LogP contribution in [-0.4, -0.2) is 47.7 Å². The Hall–Kier alpha value is -2.08. The average Bonchev–Trinajstić information content (AvgIpc) is 2.59. The first-order chi connectivity index (χ1) is 11.6. The number of carbonyl (C=O) groups excluding carboxylic acids is 1. The molecule has 2 N–H and O–H groups in total. The van der Waals surface area contributed by atoms with Crippen molar-refractivity contribution in [3.63, 3.8) is 0 Å². The third-order valence-corrected chi connectivity index (χ3v) is 4.23. The fraction of sp³-hybridized carbons (Fsp3) is 0.556. The van der Waals surface area contributed by atoms with Crippen LogP contribution in [0, 0.1) is 5.92 Å². The highest BCUT2D eigenvalue weighted by Crippen LogP contribution is 2.16. The van der Waals surface area contributed by atoms with Gasteiger partial charge >= 0.3 is 12.0 Å². The largest absolute Gasteiger partial charge is 0.481 e. The molecule has 1 aromatic rings. The van der Waals surface area contributed by atoms with Crippen LogP contribution in [0.3, 0.4) is 0 Å². The fourth-order valence-electron chi connectivity index (χ4n) is 2.76. The van der Waals surface area contributed by atoms with Gasteiger partial charge in [-0.15, -0.1) is 0 Å². The standard InChI is InChI=1S/C18H26N2O4/c1-14(9-11-24-13-15-6-3-2-4-7-15)19-18(23)20-10-5-8-16(12-20)17(21)22/h2-4,6-7,14,16H,5,8-13H2,1H3,(H,19,23)(H,21,22). The number of benzene rings is 1. The summed E-state index contributed by atoms with van der Waals surface area (Å²) < 4.78 is 5.62. The molecule has 1 aliphatic heterocycles. The molecule has 1 aromatic carbocycles. The summed E-state index contributed by atoms with van der Waals surface area (Å²) in [7, 11) is 0. The Bertz CT molecular complexity index is 535. The molecule has 0 aromatic heterocycles. The molecule has 1 fully saturated rings. The lowest BCUT2D eigenvalue weighted by molar-refractivity contribution is -0.143. The number of rotatable bonds is 7. The molecule has 132 valence electrons. The first kappa shape index (κ1) is 18.3. The maximum atomic E-state index is 12.2. The van der Waals surface area contributed by atoms with Crippen LogP contribution in [-0.2, 0) is 16.1 Å². The Morgan fingerprint density at radius 2 is 2.12 bits per heavy atom. The van der Waals surface area contributed by atoms with E-state index in [2.05, 4.69) is 5.32 Å². The Morgan fingerprint density at radius 1 is 1.38 bits per heavy atom. The average molecular weight is 334 g/mol. The van der Waals surface area contributed by atoms with E-state index in [0.29, 0.717) is 32.7 Å². The van der Waals surface area contributed by atoms with Gasteiger partial charge in [-0.3, -0.25) is 4.79 Å². The number of carboxylic acid groups (broad SMARTS) is 1. The molecular formula is C18H26N2O4. The minimum atomic E-state index is -0.824. The van der Waals surface area contributed by atoms with Gasteiger partial charge in [-0.05, 0) is 31.7 Å². The van der Waals surface area contributed by atoms with E-state index < -0.39 is 11.9 Å². The lowest BCUT2D eigenvalue weighted by Crippen LogP contribution is -2.49. The van der Waals surface area contributed by atoms with Crippen LogP contribution < -0.4 is 5.32 Å². The first-order valence-corrected chi connectivity index (χ1v) is 8.46. The number of urea groups is 1. The van der Waals surface area contributed by atoms with Crippen molar-refractivity contribution in [2.45, 2.75) is 38.8 Å². The topological polar surface area (TPSA) is 78.9 Å². The molecule has 2 amide bonds. The minimum absolute atomic E-state index is 0.0153. The van der Waals surface area contributed by atoms with E-state index in [-0.39, 0.29) is 12.1 Å². The Morgan fingerprint density at radius 3 is 2.83 bits per heavy atom. The summed E-state index contributed by atoms with van der Waals surface area (Å²) in [6.07, 6.45) is 2.09. The number of carboxylic acids is 1. The number of amides is 2. The molecular weight excluding hydrogens is 308 g/mol. The number of nitrogens with one attached hydrogen (secondary N) is 1. The third-order valence-electron chi connectivity index (χ3n) is 4.23. The lowest BCUT2D eigenvalue weighted by atomic mass is 9.99. The molecule has 1 heterocycles. The molecule has 24 heavy (non-hydrogen) atoms. The van der Waals surface area contributed by atoms with Gasteiger partial charge in [-0.1, -0.05) is 30.3 Å². The summed E-state index contributed by atoms with van der Waals surface area (Å²) in [6.45, 7) is 3.97. The normalized spacial score (nSPS) is 18.9. The first-order valence-electron chi connectivity index (χ1n) is 8.46. The molecule has 0 spiro atoms. The maximum absolute atomic E-state index is 12.2. The van der Waals surface area contributed by atoms with Crippen LogP contribution in [0.25, 0.3) is 0 Å². The number of nitrogens with zero attached hydrogens (tertiary/aromatic N) is 1. The van der Waals surface area contributed by atoms with Gasteiger partial charge in [0.2, 0.25) is 0 Å². The minimum Gasteiger partial charge on any atom is -0.481 e. The van der Waals surface area contributed by atoms with E-state index in [0.717, 1.165) is 18.4 Å². The molecule has 6 heteroatoms. The van der Waals surface area contributed by atoms with Crippen LogP contribution in [0.2, 0.25) is 0 Å².